The third-order valence-electron chi connectivity index (χ3n) is 4.67. The zero-order chi connectivity index (χ0) is 11.9. The highest BCUT2D eigenvalue weighted by Crippen LogP contribution is 2.47. The first-order valence-corrected chi connectivity index (χ1v) is 6.77. The molecule has 0 saturated carbocycles. The minimum atomic E-state index is 0.431. The number of benzene rings is 1. The first kappa shape index (κ1) is 10.8. The van der Waals surface area contributed by atoms with E-state index < -0.39 is 0 Å². The van der Waals surface area contributed by atoms with Crippen molar-refractivity contribution in [1.82, 2.24) is 0 Å². The minimum Gasteiger partial charge on any atom is -0.0774 e. The fraction of sp³-hybridized carbons (Fsp3) is 0.412. The van der Waals surface area contributed by atoms with Gasteiger partial charge in [0.15, 0.2) is 0 Å². The maximum atomic E-state index is 2.47. The highest BCUT2D eigenvalue weighted by molar-refractivity contribution is 5.84. The molecule has 0 amide bonds. The van der Waals surface area contributed by atoms with Crippen LogP contribution < -0.4 is 0 Å². The minimum absolute atomic E-state index is 0.431. The predicted molar refractivity (Wildman–Crippen MR) is 73.8 cm³/mol. The highest BCUT2D eigenvalue weighted by atomic mass is 14.4. The van der Waals surface area contributed by atoms with Gasteiger partial charge in [-0.1, -0.05) is 55.8 Å². The first-order chi connectivity index (χ1) is 8.28. The zero-order valence-corrected chi connectivity index (χ0v) is 10.8. The van der Waals surface area contributed by atoms with Gasteiger partial charge in [-0.3, -0.25) is 0 Å². The summed E-state index contributed by atoms with van der Waals surface area (Å²) in [4.78, 5) is 0. The molecule has 0 bridgehead atoms. The quantitative estimate of drug-likeness (QED) is 0.679. The maximum absolute atomic E-state index is 2.47. The number of hydrogen-bond acceptors (Lipinski definition) is 0. The van der Waals surface area contributed by atoms with Gasteiger partial charge < -0.3 is 0 Å². The second-order valence-electron chi connectivity index (χ2n) is 5.43. The molecule has 0 nitrogen and oxygen atoms in total. The summed E-state index contributed by atoms with van der Waals surface area (Å²) in [7, 11) is 0. The van der Waals surface area contributed by atoms with E-state index in [0.29, 0.717) is 5.41 Å². The summed E-state index contributed by atoms with van der Waals surface area (Å²) < 4.78 is 0. The molecule has 0 heteroatoms. The van der Waals surface area contributed by atoms with Crippen LogP contribution in [0.1, 0.15) is 44.2 Å². The van der Waals surface area contributed by atoms with E-state index >= 15 is 0 Å². The van der Waals surface area contributed by atoms with Crippen molar-refractivity contribution >= 4 is 5.57 Å². The Hall–Kier alpha value is -1.30. The summed E-state index contributed by atoms with van der Waals surface area (Å²) >= 11 is 0. The summed E-state index contributed by atoms with van der Waals surface area (Å²) in [5.74, 6) is 0. The molecule has 0 fully saturated rings. The Bertz CT molecular complexity index is 499. The first-order valence-electron chi connectivity index (χ1n) is 6.77. The molecule has 3 rings (SSSR count). The number of allylic oxidation sites excluding steroid dienone is 4. The van der Waals surface area contributed by atoms with Gasteiger partial charge in [-0.25, -0.2) is 0 Å². The van der Waals surface area contributed by atoms with Gasteiger partial charge >= 0.3 is 0 Å². The van der Waals surface area contributed by atoms with Crippen molar-refractivity contribution < 1.29 is 0 Å². The summed E-state index contributed by atoms with van der Waals surface area (Å²) in [6.45, 7) is 4.64. The smallest absolute Gasteiger partial charge is 0.00514 e. The third kappa shape index (κ3) is 1.58. The zero-order valence-electron chi connectivity index (χ0n) is 10.8. The van der Waals surface area contributed by atoms with E-state index in [0.717, 1.165) is 0 Å². The molecule has 0 atom stereocenters. The van der Waals surface area contributed by atoms with Crippen LogP contribution in [-0.4, -0.2) is 0 Å². The van der Waals surface area contributed by atoms with Gasteiger partial charge in [-0.05, 0) is 47.8 Å². The maximum Gasteiger partial charge on any atom is -0.00514 e. The van der Waals surface area contributed by atoms with Gasteiger partial charge in [0.1, 0.15) is 0 Å². The Morgan fingerprint density at radius 1 is 1.12 bits per heavy atom. The molecule has 0 aromatic heterocycles. The normalized spacial score (nSPS) is 20.4. The number of fused-ring (bicyclic) bond motifs is 2. The van der Waals surface area contributed by atoms with Crippen molar-refractivity contribution in [3.63, 3.8) is 0 Å². The topological polar surface area (TPSA) is 0 Å². The van der Waals surface area contributed by atoms with E-state index in [1.807, 2.05) is 0 Å². The molecule has 17 heavy (non-hydrogen) atoms. The summed E-state index contributed by atoms with van der Waals surface area (Å²) in [6, 6.07) is 8.87. The lowest BCUT2D eigenvalue weighted by atomic mass is 9.73. The van der Waals surface area contributed by atoms with Crippen molar-refractivity contribution in [2.75, 3.05) is 0 Å². The van der Waals surface area contributed by atoms with E-state index in [1.165, 1.54) is 42.4 Å². The number of hydrogen-bond donors (Lipinski definition) is 0. The molecular formula is C17H20. The van der Waals surface area contributed by atoms with Gasteiger partial charge in [-0.2, -0.15) is 0 Å². The van der Waals surface area contributed by atoms with E-state index in [1.54, 1.807) is 5.57 Å². The molecule has 2 aliphatic rings. The summed E-state index contributed by atoms with van der Waals surface area (Å²) in [5.41, 5.74) is 6.60. The lowest BCUT2D eigenvalue weighted by Crippen LogP contribution is -2.19. The molecule has 0 radical (unpaired) electrons. The van der Waals surface area contributed by atoms with Crippen molar-refractivity contribution in [3.05, 3.63) is 53.1 Å². The van der Waals surface area contributed by atoms with Crippen LogP contribution in [0.3, 0.4) is 0 Å². The van der Waals surface area contributed by atoms with Gasteiger partial charge in [0.25, 0.3) is 0 Å². The van der Waals surface area contributed by atoms with Gasteiger partial charge in [0.05, 0.1) is 0 Å². The van der Waals surface area contributed by atoms with Gasteiger partial charge in [0.2, 0.25) is 0 Å². The SMILES string of the molecule is CCC1(CC)C=CC2=C(Cc3ccccc32)C1. The lowest BCUT2D eigenvalue weighted by molar-refractivity contribution is 0.345. The van der Waals surface area contributed by atoms with Crippen LogP contribution in [0, 0.1) is 5.41 Å². The van der Waals surface area contributed by atoms with Crippen molar-refractivity contribution in [1.29, 1.82) is 0 Å². The Morgan fingerprint density at radius 2 is 1.88 bits per heavy atom. The Balaban J connectivity index is 1.99. The highest BCUT2D eigenvalue weighted by Gasteiger charge is 2.32. The Labute approximate surface area is 104 Å². The molecule has 0 aliphatic heterocycles. The van der Waals surface area contributed by atoms with Crippen molar-refractivity contribution in [2.24, 2.45) is 5.41 Å². The van der Waals surface area contributed by atoms with Crippen LogP contribution in [0.2, 0.25) is 0 Å². The molecule has 1 aromatic rings. The lowest BCUT2D eigenvalue weighted by Gasteiger charge is -2.32. The molecule has 2 aliphatic carbocycles. The molecule has 0 N–H and O–H groups in total. The largest absolute Gasteiger partial charge is 0.0774 e. The predicted octanol–water partition coefficient (Wildman–Crippen LogP) is 4.76. The Kier molecular flexibility index (Phi) is 2.47. The van der Waals surface area contributed by atoms with Crippen LogP contribution in [0.5, 0.6) is 0 Å². The van der Waals surface area contributed by atoms with Gasteiger partial charge in [-0.15, -0.1) is 0 Å². The van der Waals surface area contributed by atoms with Gasteiger partial charge in [0, 0.05) is 0 Å². The molecule has 0 saturated heterocycles. The van der Waals surface area contributed by atoms with E-state index in [2.05, 4.69) is 50.3 Å². The fourth-order valence-corrected chi connectivity index (χ4v) is 3.30. The summed E-state index contributed by atoms with van der Waals surface area (Å²) in [5, 5.41) is 0. The molecule has 0 unspecified atom stereocenters. The molecule has 88 valence electrons. The van der Waals surface area contributed by atoms with Crippen LogP contribution in [0.25, 0.3) is 5.57 Å². The molecule has 0 heterocycles. The van der Waals surface area contributed by atoms with Crippen LogP contribution >= 0.6 is 0 Å². The van der Waals surface area contributed by atoms with Crippen molar-refractivity contribution in [3.8, 4) is 0 Å². The second kappa shape index (κ2) is 3.87. The van der Waals surface area contributed by atoms with Crippen LogP contribution in [-0.2, 0) is 6.42 Å². The third-order valence-corrected chi connectivity index (χ3v) is 4.67. The number of rotatable bonds is 2. The average molecular weight is 224 g/mol. The fourth-order valence-electron chi connectivity index (χ4n) is 3.30. The Morgan fingerprint density at radius 3 is 2.65 bits per heavy atom. The van der Waals surface area contributed by atoms with Crippen LogP contribution in [0.4, 0.5) is 0 Å². The van der Waals surface area contributed by atoms with Crippen LogP contribution in [0.15, 0.2) is 42.0 Å². The molecule has 1 aromatic carbocycles. The van der Waals surface area contributed by atoms with E-state index in [9.17, 15) is 0 Å². The second-order valence-corrected chi connectivity index (χ2v) is 5.43. The van der Waals surface area contributed by atoms with Crippen molar-refractivity contribution in [2.45, 2.75) is 39.5 Å². The average Bonchev–Trinajstić information content (AvgIpc) is 2.75. The monoisotopic (exact) mass is 224 g/mol. The summed E-state index contributed by atoms with van der Waals surface area (Å²) in [6.07, 6.45) is 9.81. The molecular weight excluding hydrogens is 204 g/mol. The van der Waals surface area contributed by atoms with E-state index in [4.69, 9.17) is 0 Å². The molecule has 0 spiro atoms. The standard InChI is InChI=1S/C17H20/c1-3-17(4-2)10-9-16-14(12-17)11-13-7-5-6-8-15(13)16/h5-10H,3-4,11-12H2,1-2H3. The van der Waals surface area contributed by atoms with E-state index in [-0.39, 0.29) is 0 Å².